The predicted octanol–water partition coefficient (Wildman–Crippen LogP) is 6.89. The Morgan fingerprint density at radius 1 is 0.895 bits per heavy atom. The van der Waals surface area contributed by atoms with Crippen molar-refractivity contribution in [2.75, 3.05) is 0 Å². The van der Waals surface area contributed by atoms with E-state index >= 15 is 0 Å². The average Bonchev–Trinajstić information content (AvgIpc) is 2.45. The minimum atomic E-state index is -0.0167. The van der Waals surface area contributed by atoms with Gasteiger partial charge in [-0.25, -0.2) is 0 Å². The van der Waals surface area contributed by atoms with Gasteiger partial charge in [0, 0.05) is 5.41 Å². The second kappa shape index (κ2) is 14.8. The zero-order chi connectivity index (χ0) is 15.9. The van der Waals surface area contributed by atoms with Crippen LogP contribution in [0.2, 0.25) is 0 Å². The van der Waals surface area contributed by atoms with Crippen LogP contribution < -0.4 is 0 Å². The molecular weight excluding hydrogens is 228 g/mol. The van der Waals surface area contributed by atoms with Gasteiger partial charge in [0.1, 0.15) is 0 Å². The number of hydrogen-bond donors (Lipinski definition) is 0. The van der Waals surface area contributed by atoms with Crippen molar-refractivity contribution in [2.24, 2.45) is 5.41 Å². The number of allylic oxidation sites excluding steroid dienone is 8. The summed E-state index contributed by atoms with van der Waals surface area (Å²) in [5.74, 6) is 0. The van der Waals surface area contributed by atoms with Crippen LogP contribution in [0.4, 0.5) is 0 Å². The SMILES string of the molecule is C=C/C=C(\C=C)C(C)(C)C(/C=C\C)=C/C.CC.CC. The molecule has 0 amide bonds. The molecule has 0 radical (unpaired) electrons. The van der Waals surface area contributed by atoms with Gasteiger partial charge in [0.05, 0.1) is 0 Å². The summed E-state index contributed by atoms with van der Waals surface area (Å²) in [5.41, 5.74) is 2.46. The van der Waals surface area contributed by atoms with Crippen LogP contribution in [0.1, 0.15) is 55.4 Å². The first-order valence-electron chi connectivity index (χ1n) is 7.29. The summed E-state index contributed by atoms with van der Waals surface area (Å²) in [5, 5.41) is 0. The van der Waals surface area contributed by atoms with Gasteiger partial charge in [0.25, 0.3) is 0 Å². The first-order valence-corrected chi connectivity index (χ1v) is 7.29. The quantitative estimate of drug-likeness (QED) is 0.473. The highest BCUT2D eigenvalue weighted by Crippen LogP contribution is 2.36. The Labute approximate surface area is 122 Å². The molecular formula is C19H34. The lowest BCUT2D eigenvalue weighted by molar-refractivity contribution is 0.565. The highest BCUT2D eigenvalue weighted by atomic mass is 14.3. The lowest BCUT2D eigenvalue weighted by Crippen LogP contribution is -2.15. The molecule has 0 heterocycles. The molecule has 110 valence electrons. The minimum absolute atomic E-state index is 0.0167. The molecule has 0 heteroatoms. The lowest BCUT2D eigenvalue weighted by atomic mass is 9.76. The van der Waals surface area contributed by atoms with Crippen LogP contribution in [0.5, 0.6) is 0 Å². The van der Waals surface area contributed by atoms with Crippen molar-refractivity contribution in [1.29, 1.82) is 0 Å². The second-order valence-electron chi connectivity index (χ2n) is 3.93. The van der Waals surface area contributed by atoms with Crippen LogP contribution in [-0.4, -0.2) is 0 Å². The molecule has 0 aliphatic rings. The van der Waals surface area contributed by atoms with Gasteiger partial charge >= 0.3 is 0 Å². The Bertz CT molecular complexity index is 309. The summed E-state index contributed by atoms with van der Waals surface area (Å²) in [6.45, 7) is 24.1. The summed E-state index contributed by atoms with van der Waals surface area (Å²) >= 11 is 0. The summed E-state index contributed by atoms with van der Waals surface area (Å²) in [7, 11) is 0. The highest BCUT2D eigenvalue weighted by molar-refractivity contribution is 5.40. The van der Waals surface area contributed by atoms with E-state index in [4.69, 9.17) is 0 Å². The molecule has 0 N–H and O–H groups in total. The van der Waals surface area contributed by atoms with Crippen LogP contribution in [0.25, 0.3) is 0 Å². The van der Waals surface area contributed by atoms with Crippen LogP contribution in [0.3, 0.4) is 0 Å². The van der Waals surface area contributed by atoms with Gasteiger partial charge in [0.2, 0.25) is 0 Å². The maximum atomic E-state index is 3.86. The van der Waals surface area contributed by atoms with Crippen LogP contribution in [0.15, 0.2) is 60.8 Å². The van der Waals surface area contributed by atoms with Crippen molar-refractivity contribution in [2.45, 2.75) is 55.4 Å². The van der Waals surface area contributed by atoms with E-state index in [-0.39, 0.29) is 5.41 Å². The molecule has 0 nitrogen and oxygen atoms in total. The van der Waals surface area contributed by atoms with Crippen LogP contribution in [0, 0.1) is 5.41 Å². The topological polar surface area (TPSA) is 0 Å². The zero-order valence-corrected chi connectivity index (χ0v) is 14.4. The number of rotatable bonds is 5. The maximum absolute atomic E-state index is 3.86. The molecule has 0 atom stereocenters. The molecule has 0 saturated carbocycles. The first-order chi connectivity index (χ1) is 9.04. The van der Waals surface area contributed by atoms with E-state index in [9.17, 15) is 0 Å². The Morgan fingerprint density at radius 3 is 1.63 bits per heavy atom. The van der Waals surface area contributed by atoms with E-state index < -0.39 is 0 Å². The molecule has 0 fully saturated rings. The third kappa shape index (κ3) is 8.42. The molecule has 0 aliphatic carbocycles. The third-order valence-corrected chi connectivity index (χ3v) is 2.62. The van der Waals surface area contributed by atoms with Gasteiger partial charge in [-0.2, -0.15) is 0 Å². The Morgan fingerprint density at radius 2 is 1.37 bits per heavy atom. The summed E-state index contributed by atoms with van der Waals surface area (Å²) in [6, 6.07) is 0. The van der Waals surface area contributed by atoms with Crippen molar-refractivity contribution in [3.05, 3.63) is 60.8 Å². The Balaban J connectivity index is -0.000000579. The van der Waals surface area contributed by atoms with Gasteiger partial charge < -0.3 is 0 Å². The monoisotopic (exact) mass is 262 g/mol. The van der Waals surface area contributed by atoms with Crippen LogP contribution in [-0.2, 0) is 0 Å². The second-order valence-corrected chi connectivity index (χ2v) is 3.93. The standard InChI is InChI=1S/C15H22.2C2H6/c1-7-11-13(9-3)15(5,6)14(10-4)12-8-2;2*1-2/h7-12H,1,3H2,2,4-6H3;2*1-2H3/b12-8-,13-11+,14-10+;;. The number of hydrogen-bond acceptors (Lipinski definition) is 0. The van der Waals surface area contributed by atoms with Gasteiger partial charge in [0.15, 0.2) is 0 Å². The van der Waals surface area contributed by atoms with Gasteiger partial charge in [-0.1, -0.05) is 91.2 Å². The van der Waals surface area contributed by atoms with Crippen molar-refractivity contribution >= 4 is 0 Å². The van der Waals surface area contributed by atoms with E-state index in [1.807, 2.05) is 52.8 Å². The Hall–Kier alpha value is -1.30. The van der Waals surface area contributed by atoms with Gasteiger partial charge in [-0.3, -0.25) is 0 Å². The summed E-state index contributed by atoms with van der Waals surface area (Å²) in [6.07, 6.45) is 12.1. The molecule has 19 heavy (non-hydrogen) atoms. The first kappa shape index (κ1) is 22.8. The van der Waals surface area contributed by atoms with Crippen molar-refractivity contribution in [1.82, 2.24) is 0 Å². The predicted molar refractivity (Wildman–Crippen MR) is 93.5 cm³/mol. The Kier molecular flexibility index (Phi) is 17.7. The van der Waals surface area contributed by atoms with Crippen molar-refractivity contribution in [3.63, 3.8) is 0 Å². The van der Waals surface area contributed by atoms with E-state index in [2.05, 4.69) is 52.2 Å². The van der Waals surface area contributed by atoms with Gasteiger partial charge in [-0.15, -0.1) is 0 Å². The molecule has 0 bridgehead atoms. The summed E-state index contributed by atoms with van der Waals surface area (Å²) < 4.78 is 0. The smallest absolute Gasteiger partial charge is 0.0142 e. The largest absolute Gasteiger partial charge is 0.0991 e. The maximum Gasteiger partial charge on any atom is 0.0142 e. The van der Waals surface area contributed by atoms with E-state index in [0.717, 1.165) is 0 Å². The normalized spacial score (nSPS) is 12.0. The molecule has 0 aromatic heterocycles. The van der Waals surface area contributed by atoms with Crippen molar-refractivity contribution < 1.29 is 0 Å². The highest BCUT2D eigenvalue weighted by Gasteiger charge is 2.23. The molecule has 0 rings (SSSR count). The summed E-state index contributed by atoms with van der Waals surface area (Å²) in [4.78, 5) is 0. The zero-order valence-electron chi connectivity index (χ0n) is 14.4. The van der Waals surface area contributed by atoms with E-state index in [1.165, 1.54) is 11.1 Å². The molecule has 0 aromatic carbocycles. The fourth-order valence-electron chi connectivity index (χ4n) is 1.67. The van der Waals surface area contributed by atoms with E-state index in [1.54, 1.807) is 0 Å². The van der Waals surface area contributed by atoms with E-state index in [0.29, 0.717) is 0 Å². The molecule has 0 saturated heterocycles. The lowest BCUT2D eigenvalue weighted by Gasteiger charge is -2.28. The minimum Gasteiger partial charge on any atom is -0.0991 e. The molecule has 0 spiro atoms. The van der Waals surface area contributed by atoms with Crippen LogP contribution >= 0.6 is 0 Å². The van der Waals surface area contributed by atoms with Gasteiger partial charge in [-0.05, 0) is 25.0 Å². The molecule has 0 aliphatic heterocycles. The molecule has 0 unspecified atom stereocenters. The van der Waals surface area contributed by atoms with Crippen molar-refractivity contribution in [3.8, 4) is 0 Å². The third-order valence-electron chi connectivity index (χ3n) is 2.62. The average molecular weight is 262 g/mol. The molecule has 0 aromatic rings. The fraction of sp³-hybridized carbons (Fsp3) is 0.474. The fourth-order valence-corrected chi connectivity index (χ4v) is 1.67.